The molecule has 0 aromatic carbocycles. The molecule has 1 unspecified atom stereocenters. The molecular formula is C10H18FNO3. The van der Waals surface area contributed by atoms with Gasteiger partial charge in [0.25, 0.3) is 0 Å². The molecule has 4 nitrogen and oxygen atoms in total. The molecule has 0 rings (SSSR count). The van der Waals surface area contributed by atoms with Crippen molar-refractivity contribution in [2.45, 2.75) is 38.8 Å². The number of carbonyl (C=O) groups excluding carboxylic acids is 2. The van der Waals surface area contributed by atoms with Crippen LogP contribution < -0.4 is 0 Å². The van der Waals surface area contributed by atoms with Crippen LogP contribution in [0.25, 0.3) is 0 Å². The second-order valence-electron chi connectivity index (χ2n) is 4.65. The van der Waals surface area contributed by atoms with Gasteiger partial charge >= 0.3 is 6.09 Å². The smallest absolute Gasteiger partial charge is 0.410 e. The Morgan fingerprint density at radius 2 is 1.87 bits per heavy atom. The molecule has 0 spiro atoms. The molecule has 0 aromatic rings. The summed E-state index contributed by atoms with van der Waals surface area (Å²) in [5.74, 6) is 0. The number of ether oxygens (including phenoxy) is 1. The highest BCUT2D eigenvalue weighted by atomic mass is 19.1. The number of likely N-dealkylation sites (N-methyl/N-ethyl adjacent to an activating group) is 1. The van der Waals surface area contributed by atoms with Crippen molar-refractivity contribution in [1.82, 2.24) is 4.90 Å². The summed E-state index contributed by atoms with van der Waals surface area (Å²) in [6.45, 7) is 5.50. The standard InChI is InChI=1S/C10H18FNO3/c1-9(2,3)15-8(14)12(5)10(4,6-11)7-13/h7H,6H2,1-5H3. The highest BCUT2D eigenvalue weighted by molar-refractivity contribution is 5.76. The Bertz CT molecular complexity index is 250. The topological polar surface area (TPSA) is 46.6 Å². The van der Waals surface area contributed by atoms with Gasteiger partial charge in [0.05, 0.1) is 0 Å². The van der Waals surface area contributed by atoms with Crippen LogP contribution >= 0.6 is 0 Å². The SMILES string of the molecule is CN(C(=O)OC(C)(C)C)C(C)(C=O)CF. The number of alkyl halides is 1. The van der Waals surface area contributed by atoms with E-state index in [0.29, 0.717) is 6.29 Å². The molecule has 88 valence electrons. The summed E-state index contributed by atoms with van der Waals surface area (Å²) in [4.78, 5) is 23.1. The van der Waals surface area contributed by atoms with Gasteiger partial charge in [0.2, 0.25) is 0 Å². The fraction of sp³-hybridized carbons (Fsp3) is 0.800. The van der Waals surface area contributed by atoms with Crippen molar-refractivity contribution in [1.29, 1.82) is 0 Å². The molecule has 15 heavy (non-hydrogen) atoms. The van der Waals surface area contributed by atoms with Gasteiger partial charge in [0.15, 0.2) is 0 Å². The number of rotatable bonds is 3. The van der Waals surface area contributed by atoms with Crippen molar-refractivity contribution in [3.05, 3.63) is 0 Å². The van der Waals surface area contributed by atoms with Crippen molar-refractivity contribution < 1.29 is 18.7 Å². The van der Waals surface area contributed by atoms with Crippen LogP contribution in [0.1, 0.15) is 27.7 Å². The molecule has 0 aliphatic heterocycles. The number of aldehydes is 1. The third-order valence-electron chi connectivity index (χ3n) is 1.96. The van der Waals surface area contributed by atoms with Crippen molar-refractivity contribution in [3.8, 4) is 0 Å². The fourth-order valence-electron chi connectivity index (χ4n) is 0.739. The number of amides is 1. The third kappa shape index (κ3) is 3.85. The third-order valence-corrected chi connectivity index (χ3v) is 1.96. The van der Waals surface area contributed by atoms with Gasteiger partial charge in [-0.3, -0.25) is 4.90 Å². The number of carbonyl (C=O) groups is 2. The molecule has 5 heteroatoms. The minimum atomic E-state index is -1.46. The Balaban J connectivity index is 4.64. The molecule has 0 fully saturated rings. The van der Waals surface area contributed by atoms with Crippen LogP contribution in [0, 0.1) is 0 Å². The lowest BCUT2D eigenvalue weighted by Crippen LogP contribution is -2.51. The fourth-order valence-corrected chi connectivity index (χ4v) is 0.739. The van der Waals surface area contributed by atoms with Gasteiger partial charge in [-0.2, -0.15) is 0 Å². The van der Waals surface area contributed by atoms with Gasteiger partial charge in [-0.15, -0.1) is 0 Å². The molecule has 0 N–H and O–H groups in total. The van der Waals surface area contributed by atoms with Crippen LogP contribution in [0.3, 0.4) is 0 Å². The minimum Gasteiger partial charge on any atom is -0.444 e. The predicted octanol–water partition coefficient (Wildman–Crippen LogP) is 1.78. The van der Waals surface area contributed by atoms with Gasteiger partial charge in [-0.05, 0) is 27.7 Å². The lowest BCUT2D eigenvalue weighted by atomic mass is 10.1. The zero-order valence-electron chi connectivity index (χ0n) is 9.83. The van der Waals surface area contributed by atoms with E-state index >= 15 is 0 Å². The van der Waals surface area contributed by atoms with Crippen molar-refractivity contribution in [3.63, 3.8) is 0 Å². The number of hydrogen-bond donors (Lipinski definition) is 0. The molecular weight excluding hydrogens is 201 g/mol. The molecule has 1 amide bonds. The number of nitrogens with zero attached hydrogens (tertiary/aromatic N) is 1. The first kappa shape index (κ1) is 13.9. The Morgan fingerprint density at radius 3 is 2.13 bits per heavy atom. The van der Waals surface area contributed by atoms with Crippen LogP contribution in [-0.4, -0.2) is 42.1 Å². The normalized spacial score (nSPS) is 15.3. The van der Waals surface area contributed by atoms with Crippen LogP contribution in [0.5, 0.6) is 0 Å². The molecule has 1 atom stereocenters. The Morgan fingerprint density at radius 1 is 1.40 bits per heavy atom. The summed E-state index contributed by atoms with van der Waals surface area (Å²) in [5.41, 5.74) is -2.12. The van der Waals surface area contributed by atoms with Crippen molar-refractivity contribution in [2.75, 3.05) is 13.7 Å². The van der Waals surface area contributed by atoms with E-state index in [-0.39, 0.29) is 0 Å². The zero-order valence-corrected chi connectivity index (χ0v) is 9.83. The quantitative estimate of drug-likeness (QED) is 0.680. The van der Waals surface area contributed by atoms with Gasteiger partial charge in [0, 0.05) is 7.05 Å². The average molecular weight is 219 g/mol. The number of halogens is 1. The summed E-state index contributed by atoms with van der Waals surface area (Å²) in [7, 11) is 1.34. The first-order chi connectivity index (χ1) is 6.66. The maximum atomic E-state index is 12.6. The zero-order chi connectivity index (χ0) is 12.3. The Kier molecular flexibility index (Phi) is 4.25. The lowest BCUT2D eigenvalue weighted by Gasteiger charge is -2.33. The van der Waals surface area contributed by atoms with Crippen LogP contribution in [0.15, 0.2) is 0 Å². The first-order valence-electron chi connectivity index (χ1n) is 4.65. The lowest BCUT2D eigenvalue weighted by molar-refractivity contribution is -0.117. The molecule has 0 bridgehead atoms. The van der Waals surface area contributed by atoms with Crippen molar-refractivity contribution >= 4 is 12.4 Å². The van der Waals surface area contributed by atoms with E-state index < -0.39 is 23.9 Å². The van der Waals surface area contributed by atoms with Gasteiger partial charge in [-0.1, -0.05) is 0 Å². The van der Waals surface area contributed by atoms with Crippen LogP contribution in [0.2, 0.25) is 0 Å². The van der Waals surface area contributed by atoms with E-state index in [0.717, 1.165) is 4.90 Å². The molecule has 0 saturated heterocycles. The Labute approximate surface area is 89.4 Å². The van der Waals surface area contributed by atoms with Gasteiger partial charge < -0.3 is 9.53 Å². The monoisotopic (exact) mass is 219 g/mol. The second-order valence-corrected chi connectivity index (χ2v) is 4.65. The summed E-state index contributed by atoms with van der Waals surface area (Å²) < 4.78 is 17.6. The molecule has 0 aliphatic carbocycles. The second kappa shape index (κ2) is 4.59. The largest absolute Gasteiger partial charge is 0.444 e. The highest BCUT2D eigenvalue weighted by Gasteiger charge is 2.35. The van der Waals surface area contributed by atoms with Crippen LogP contribution in [-0.2, 0) is 9.53 Å². The molecule has 0 aliphatic rings. The van der Waals surface area contributed by atoms with E-state index in [4.69, 9.17) is 4.74 Å². The average Bonchev–Trinajstić information content (AvgIpc) is 2.12. The van der Waals surface area contributed by atoms with E-state index in [1.807, 2.05) is 0 Å². The molecule has 0 radical (unpaired) electrons. The van der Waals surface area contributed by atoms with E-state index in [2.05, 4.69) is 0 Å². The summed E-state index contributed by atoms with van der Waals surface area (Å²) >= 11 is 0. The summed E-state index contributed by atoms with van der Waals surface area (Å²) in [6.07, 6.45) is -0.313. The predicted molar refractivity (Wildman–Crippen MR) is 54.4 cm³/mol. The van der Waals surface area contributed by atoms with Gasteiger partial charge in [-0.25, -0.2) is 9.18 Å². The van der Waals surface area contributed by atoms with E-state index in [9.17, 15) is 14.0 Å². The number of hydrogen-bond acceptors (Lipinski definition) is 3. The first-order valence-corrected chi connectivity index (χ1v) is 4.65. The highest BCUT2D eigenvalue weighted by Crippen LogP contribution is 2.16. The van der Waals surface area contributed by atoms with Gasteiger partial charge in [0.1, 0.15) is 24.1 Å². The van der Waals surface area contributed by atoms with E-state index in [1.54, 1.807) is 20.8 Å². The van der Waals surface area contributed by atoms with Crippen molar-refractivity contribution in [2.24, 2.45) is 0 Å². The summed E-state index contributed by atoms with van der Waals surface area (Å²) in [6, 6.07) is 0. The summed E-state index contributed by atoms with van der Waals surface area (Å²) in [5, 5.41) is 0. The minimum absolute atomic E-state index is 0.400. The maximum Gasteiger partial charge on any atom is 0.410 e. The molecule has 0 aromatic heterocycles. The Hall–Kier alpha value is -1.13. The maximum absolute atomic E-state index is 12.6. The molecule has 0 heterocycles. The van der Waals surface area contributed by atoms with E-state index in [1.165, 1.54) is 14.0 Å². The van der Waals surface area contributed by atoms with Crippen LogP contribution in [0.4, 0.5) is 9.18 Å². The molecule has 0 saturated carbocycles.